The van der Waals surface area contributed by atoms with E-state index in [-0.39, 0.29) is 5.78 Å². The fraction of sp³-hybridized carbons (Fsp3) is 0.444. The molecule has 1 atom stereocenters. The molecule has 0 aromatic heterocycles. The SMILES string of the molecule is CC1=CC=C(C)C2(CO2)C1=O. The molecular formula is C9H10O2. The van der Waals surface area contributed by atoms with Gasteiger partial charge in [-0.1, -0.05) is 12.2 Å². The van der Waals surface area contributed by atoms with Gasteiger partial charge in [0.2, 0.25) is 0 Å². The number of rotatable bonds is 0. The molecule has 0 amide bonds. The summed E-state index contributed by atoms with van der Waals surface area (Å²) in [5.41, 5.74) is 1.31. The van der Waals surface area contributed by atoms with Gasteiger partial charge in [-0.3, -0.25) is 4.79 Å². The van der Waals surface area contributed by atoms with E-state index in [2.05, 4.69) is 0 Å². The van der Waals surface area contributed by atoms with Gasteiger partial charge in [0, 0.05) is 0 Å². The van der Waals surface area contributed by atoms with Crippen LogP contribution in [0.4, 0.5) is 0 Å². The molecule has 1 aliphatic carbocycles. The van der Waals surface area contributed by atoms with Crippen molar-refractivity contribution < 1.29 is 9.53 Å². The van der Waals surface area contributed by atoms with E-state index in [1.807, 2.05) is 26.0 Å². The molecule has 2 aliphatic rings. The minimum Gasteiger partial charge on any atom is -0.356 e. The molecule has 1 heterocycles. The average Bonchev–Trinajstić information content (AvgIpc) is 2.76. The second-order valence-electron chi connectivity index (χ2n) is 3.14. The summed E-state index contributed by atoms with van der Waals surface area (Å²) >= 11 is 0. The van der Waals surface area contributed by atoms with Crippen molar-refractivity contribution in [2.75, 3.05) is 6.61 Å². The van der Waals surface area contributed by atoms with Crippen molar-refractivity contribution in [1.29, 1.82) is 0 Å². The van der Waals surface area contributed by atoms with E-state index in [9.17, 15) is 4.79 Å². The molecule has 2 heteroatoms. The molecule has 0 saturated carbocycles. The molecule has 1 saturated heterocycles. The first-order chi connectivity index (χ1) is 5.17. The molecular weight excluding hydrogens is 140 g/mol. The maximum atomic E-state index is 11.5. The summed E-state index contributed by atoms with van der Waals surface area (Å²) in [4.78, 5) is 11.5. The Morgan fingerprint density at radius 2 is 2.09 bits per heavy atom. The molecule has 0 N–H and O–H groups in total. The fourth-order valence-corrected chi connectivity index (χ4v) is 1.39. The molecule has 0 aromatic rings. The highest BCUT2D eigenvalue weighted by atomic mass is 16.6. The van der Waals surface area contributed by atoms with Crippen LogP contribution in [0.3, 0.4) is 0 Å². The monoisotopic (exact) mass is 150 g/mol. The van der Waals surface area contributed by atoms with Crippen molar-refractivity contribution in [1.82, 2.24) is 0 Å². The second-order valence-corrected chi connectivity index (χ2v) is 3.14. The van der Waals surface area contributed by atoms with E-state index in [1.54, 1.807) is 0 Å². The molecule has 1 aliphatic heterocycles. The number of carbonyl (C=O) groups excluding carboxylic acids is 1. The first-order valence-electron chi connectivity index (χ1n) is 3.71. The molecule has 0 aromatic carbocycles. The predicted molar refractivity (Wildman–Crippen MR) is 41.2 cm³/mol. The van der Waals surface area contributed by atoms with Gasteiger partial charge in [0.05, 0.1) is 6.61 Å². The van der Waals surface area contributed by atoms with Gasteiger partial charge < -0.3 is 4.74 Å². The standard InChI is InChI=1S/C9H10O2/c1-6-3-4-7(2)9(5-11-9)8(6)10/h3-4H,5H2,1-2H3. The van der Waals surface area contributed by atoms with Gasteiger partial charge in [0.25, 0.3) is 0 Å². The Morgan fingerprint density at radius 1 is 1.45 bits per heavy atom. The van der Waals surface area contributed by atoms with Crippen molar-refractivity contribution in [2.45, 2.75) is 19.4 Å². The molecule has 1 fully saturated rings. The van der Waals surface area contributed by atoms with E-state index in [1.165, 1.54) is 0 Å². The van der Waals surface area contributed by atoms with Crippen molar-refractivity contribution >= 4 is 5.78 Å². The normalized spacial score (nSPS) is 35.3. The maximum absolute atomic E-state index is 11.5. The fourth-order valence-electron chi connectivity index (χ4n) is 1.39. The quantitative estimate of drug-likeness (QED) is 0.486. The van der Waals surface area contributed by atoms with Gasteiger partial charge in [-0.05, 0) is 25.0 Å². The third kappa shape index (κ3) is 0.730. The molecule has 1 unspecified atom stereocenters. The predicted octanol–water partition coefficient (Wildman–Crippen LogP) is 1.23. The van der Waals surface area contributed by atoms with Crippen LogP contribution in [0.25, 0.3) is 0 Å². The summed E-state index contributed by atoms with van der Waals surface area (Å²) in [6.45, 7) is 4.34. The van der Waals surface area contributed by atoms with Crippen molar-refractivity contribution in [3.8, 4) is 0 Å². The van der Waals surface area contributed by atoms with Crippen molar-refractivity contribution in [3.05, 3.63) is 23.3 Å². The number of allylic oxidation sites excluding steroid dienone is 2. The molecule has 0 radical (unpaired) electrons. The second kappa shape index (κ2) is 1.83. The number of hydrogen-bond donors (Lipinski definition) is 0. The van der Waals surface area contributed by atoms with Gasteiger partial charge in [0.15, 0.2) is 11.4 Å². The summed E-state index contributed by atoms with van der Waals surface area (Å²) < 4.78 is 5.17. The highest BCUT2D eigenvalue weighted by molar-refractivity contribution is 6.07. The highest BCUT2D eigenvalue weighted by Gasteiger charge is 2.54. The van der Waals surface area contributed by atoms with E-state index in [0.29, 0.717) is 6.61 Å². The van der Waals surface area contributed by atoms with E-state index in [4.69, 9.17) is 4.74 Å². The van der Waals surface area contributed by atoms with Gasteiger partial charge in [-0.2, -0.15) is 0 Å². The van der Waals surface area contributed by atoms with Crippen LogP contribution < -0.4 is 0 Å². The third-order valence-electron chi connectivity index (χ3n) is 2.38. The number of Topliss-reactive ketones (excluding diaryl/α,β-unsaturated/α-hetero) is 1. The zero-order valence-electron chi connectivity index (χ0n) is 6.68. The van der Waals surface area contributed by atoms with Gasteiger partial charge >= 0.3 is 0 Å². The largest absolute Gasteiger partial charge is 0.356 e. The Balaban J connectivity index is 2.45. The summed E-state index contributed by atoms with van der Waals surface area (Å²) in [6.07, 6.45) is 3.81. The van der Waals surface area contributed by atoms with Crippen LogP contribution in [0.2, 0.25) is 0 Å². The molecule has 1 spiro atoms. The summed E-state index contributed by atoms with van der Waals surface area (Å²) in [5, 5.41) is 0. The minimum absolute atomic E-state index is 0.137. The lowest BCUT2D eigenvalue weighted by Crippen LogP contribution is -2.28. The van der Waals surface area contributed by atoms with Crippen LogP contribution in [-0.4, -0.2) is 18.0 Å². The number of ether oxygens (including phenoxy) is 1. The Hall–Kier alpha value is -0.890. The Bertz CT molecular complexity index is 276. The Kier molecular flexibility index (Phi) is 1.13. The van der Waals surface area contributed by atoms with Gasteiger partial charge in [-0.15, -0.1) is 0 Å². The van der Waals surface area contributed by atoms with Gasteiger partial charge in [0.1, 0.15) is 0 Å². The number of ketones is 1. The lowest BCUT2D eigenvalue weighted by atomic mass is 9.88. The zero-order valence-corrected chi connectivity index (χ0v) is 6.68. The van der Waals surface area contributed by atoms with Crippen LogP contribution in [-0.2, 0) is 9.53 Å². The summed E-state index contributed by atoms with van der Waals surface area (Å²) in [7, 11) is 0. The van der Waals surface area contributed by atoms with Crippen LogP contribution >= 0.6 is 0 Å². The molecule has 11 heavy (non-hydrogen) atoms. The Labute approximate surface area is 65.5 Å². The van der Waals surface area contributed by atoms with Gasteiger partial charge in [-0.25, -0.2) is 0 Å². The van der Waals surface area contributed by atoms with Crippen LogP contribution in [0.15, 0.2) is 23.3 Å². The minimum atomic E-state index is -0.529. The average molecular weight is 150 g/mol. The topological polar surface area (TPSA) is 29.6 Å². The van der Waals surface area contributed by atoms with E-state index >= 15 is 0 Å². The maximum Gasteiger partial charge on any atom is 0.196 e. The first kappa shape index (κ1) is 6.80. The number of carbonyl (C=O) groups is 1. The highest BCUT2D eigenvalue weighted by Crippen LogP contribution is 2.40. The summed E-state index contributed by atoms with van der Waals surface area (Å²) in [5.74, 6) is 0.137. The Morgan fingerprint density at radius 3 is 2.55 bits per heavy atom. The lowest BCUT2D eigenvalue weighted by Gasteiger charge is -2.14. The molecule has 58 valence electrons. The third-order valence-corrected chi connectivity index (χ3v) is 2.38. The van der Waals surface area contributed by atoms with E-state index < -0.39 is 5.60 Å². The first-order valence-corrected chi connectivity index (χ1v) is 3.71. The zero-order chi connectivity index (χ0) is 8.06. The number of hydrogen-bond acceptors (Lipinski definition) is 2. The van der Waals surface area contributed by atoms with Crippen molar-refractivity contribution in [3.63, 3.8) is 0 Å². The van der Waals surface area contributed by atoms with Crippen LogP contribution in [0.5, 0.6) is 0 Å². The number of epoxide rings is 1. The van der Waals surface area contributed by atoms with E-state index in [0.717, 1.165) is 11.1 Å². The van der Waals surface area contributed by atoms with Crippen molar-refractivity contribution in [2.24, 2.45) is 0 Å². The molecule has 2 nitrogen and oxygen atoms in total. The molecule has 2 rings (SSSR count). The lowest BCUT2D eigenvalue weighted by molar-refractivity contribution is -0.119. The smallest absolute Gasteiger partial charge is 0.196 e. The molecule has 0 bridgehead atoms. The van der Waals surface area contributed by atoms with Crippen LogP contribution in [0, 0.1) is 0 Å². The summed E-state index contributed by atoms with van der Waals surface area (Å²) in [6, 6.07) is 0. The van der Waals surface area contributed by atoms with Crippen LogP contribution in [0.1, 0.15) is 13.8 Å².